The fourth-order valence-corrected chi connectivity index (χ4v) is 1.71. The second kappa shape index (κ2) is 5.18. The van der Waals surface area contributed by atoms with Crippen LogP contribution in [-0.2, 0) is 11.2 Å². The highest BCUT2D eigenvalue weighted by Gasteiger charge is 2.13. The van der Waals surface area contributed by atoms with Crippen LogP contribution in [-0.4, -0.2) is 22.2 Å². The van der Waals surface area contributed by atoms with Gasteiger partial charge in [-0.2, -0.15) is 0 Å². The van der Waals surface area contributed by atoms with E-state index in [0.29, 0.717) is 5.56 Å². The zero-order valence-electron chi connectivity index (χ0n) is 8.04. The van der Waals surface area contributed by atoms with Gasteiger partial charge in [-0.1, -0.05) is 23.2 Å². The van der Waals surface area contributed by atoms with Crippen molar-refractivity contribution < 1.29 is 19.8 Å². The topological polar surface area (TPSA) is 74.6 Å². The number of aliphatic carboxylic acids is 1. The largest absolute Gasteiger partial charge is 0.481 e. The van der Waals surface area contributed by atoms with E-state index in [9.17, 15) is 9.59 Å². The minimum absolute atomic E-state index is 0.0530. The van der Waals surface area contributed by atoms with Crippen molar-refractivity contribution in [3.8, 4) is 0 Å². The number of carboxylic acid groups (broad SMARTS) is 2. The van der Waals surface area contributed by atoms with Crippen molar-refractivity contribution in [2.45, 2.75) is 12.8 Å². The molecule has 0 radical (unpaired) electrons. The Balaban J connectivity index is 3.01. The summed E-state index contributed by atoms with van der Waals surface area (Å²) in [6, 6.07) is 2.61. The Morgan fingerprint density at radius 3 is 2.25 bits per heavy atom. The molecule has 1 aromatic carbocycles. The number of hydrogen-bond acceptors (Lipinski definition) is 2. The van der Waals surface area contributed by atoms with Gasteiger partial charge in [-0.3, -0.25) is 4.79 Å². The number of aromatic carboxylic acids is 1. The second-order valence-electron chi connectivity index (χ2n) is 3.12. The van der Waals surface area contributed by atoms with Crippen molar-refractivity contribution in [1.82, 2.24) is 0 Å². The van der Waals surface area contributed by atoms with Gasteiger partial charge in [-0.25, -0.2) is 4.79 Å². The summed E-state index contributed by atoms with van der Waals surface area (Å²) >= 11 is 11.5. The minimum Gasteiger partial charge on any atom is -0.481 e. The van der Waals surface area contributed by atoms with Crippen molar-refractivity contribution in [3.63, 3.8) is 0 Å². The molecule has 0 amide bonds. The Morgan fingerprint density at radius 1 is 1.12 bits per heavy atom. The summed E-state index contributed by atoms with van der Waals surface area (Å²) < 4.78 is 0. The molecule has 0 aliphatic rings. The van der Waals surface area contributed by atoms with Gasteiger partial charge < -0.3 is 10.2 Å². The lowest BCUT2D eigenvalue weighted by Gasteiger charge is -2.06. The molecule has 0 saturated heterocycles. The van der Waals surface area contributed by atoms with Crippen LogP contribution < -0.4 is 0 Å². The molecule has 16 heavy (non-hydrogen) atoms. The van der Waals surface area contributed by atoms with Crippen molar-refractivity contribution in [3.05, 3.63) is 33.3 Å². The lowest BCUT2D eigenvalue weighted by atomic mass is 10.1. The van der Waals surface area contributed by atoms with Crippen molar-refractivity contribution in [1.29, 1.82) is 0 Å². The molecule has 1 aromatic rings. The molecule has 2 N–H and O–H groups in total. The van der Waals surface area contributed by atoms with Gasteiger partial charge in [-0.15, -0.1) is 0 Å². The van der Waals surface area contributed by atoms with Gasteiger partial charge in [0.25, 0.3) is 0 Å². The van der Waals surface area contributed by atoms with E-state index >= 15 is 0 Å². The standard InChI is InChI=1S/C10H8Cl2O4/c11-7-4-6(10(15)16)8(12)3-5(7)1-2-9(13)14/h3-4H,1-2H2,(H,13,14)(H,15,16). The van der Waals surface area contributed by atoms with Gasteiger partial charge in [0.2, 0.25) is 0 Å². The molecular weight excluding hydrogens is 255 g/mol. The molecule has 6 heteroatoms. The van der Waals surface area contributed by atoms with Gasteiger partial charge in [0.1, 0.15) is 0 Å². The van der Waals surface area contributed by atoms with Crippen LogP contribution in [0.15, 0.2) is 12.1 Å². The molecule has 0 aliphatic heterocycles. The Labute approximate surface area is 101 Å². The summed E-state index contributed by atoms with van der Waals surface area (Å²) in [4.78, 5) is 21.1. The zero-order valence-corrected chi connectivity index (χ0v) is 9.55. The summed E-state index contributed by atoms with van der Waals surface area (Å²) in [6.07, 6.45) is 0.135. The third-order valence-corrected chi connectivity index (χ3v) is 2.64. The first kappa shape index (κ1) is 12.8. The fraction of sp³-hybridized carbons (Fsp3) is 0.200. The molecule has 4 nitrogen and oxygen atoms in total. The van der Waals surface area contributed by atoms with Crippen LogP contribution in [0.5, 0.6) is 0 Å². The first-order valence-electron chi connectivity index (χ1n) is 4.35. The lowest BCUT2D eigenvalue weighted by molar-refractivity contribution is -0.136. The molecule has 0 fully saturated rings. The number of carbonyl (C=O) groups is 2. The maximum Gasteiger partial charge on any atom is 0.337 e. The van der Waals surface area contributed by atoms with Crippen LogP contribution in [0.3, 0.4) is 0 Å². The third-order valence-electron chi connectivity index (χ3n) is 1.97. The number of benzene rings is 1. The first-order valence-corrected chi connectivity index (χ1v) is 5.10. The van der Waals surface area contributed by atoms with Crippen LogP contribution in [0.2, 0.25) is 10.0 Å². The van der Waals surface area contributed by atoms with E-state index in [-0.39, 0.29) is 28.5 Å². The molecule has 0 aromatic heterocycles. The predicted molar refractivity (Wildman–Crippen MR) is 59.4 cm³/mol. The summed E-state index contributed by atoms with van der Waals surface area (Å²) in [7, 11) is 0. The first-order chi connectivity index (χ1) is 7.41. The van der Waals surface area contributed by atoms with Gasteiger partial charge in [0.05, 0.1) is 10.6 Å². The highest BCUT2D eigenvalue weighted by atomic mass is 35.5. The molecular formula is C10H8Cl2O4. The van der Waals surface area contributed by atoms with Gasteiger partial charge >= 0.3 is 11.9 Å². The maximum absolute atomic E-state index is 10.7. The van der Waals surface area contributed by atoms with E-state index in [1.165, 1.54) is 12.1 Å². The van der Waals surface area contributed by atoms with Gasteiger partial charge in [-0.05, 0) is 24.1 Å². The van der Waals surface area contributed by atoms with E-state index < -0.39 is 11.9 Å². The number of aryl methyl sites for hydroxylation is 1. The fourth-order valence-electron chi connectivity index (χ4n) is 1.19. The van der Waals surface area contributed by atoms with Crippen LogP contribution in [0.1, 0.15) is 22.3 Å². The van der Waals surface area contributed by atoms with Gasteiger partial charge in [0, 0.05) is 11.4 Å². The smallest absolute Gasteiger partial charge is 0.337 e. The summed E-state index contributed by atoms with van der Waals surface area (Å²) in [6.45, 7) is 0. The maximum atomic E-state index is 10.7. The minimum atomic E-state index is -1.17. The number of rotatable bonds is 4. The van der Waals surface area contributed by atoms with Crippen molar-refractivity contribution in [2.75, 3.05) is 0 Å². The molecule has 1 rings (SSSR count). The highest BCUT2D eigenvalue weighted by Crippen LogP contribution is 2.26. The van der Waals surface area contributed by atoms with E-state index in [1.807, 2.05) is 0 Å². The van der Waals surface area contributed by atoms with E-state index in [0.717, 1.165) is 0 Å². The predicted octanol–water partition coefficient (Wildman–Crippen LogP) is 2.71. The van der Waals surface area contributed by atoms with Gasteiger partial charge in [0.15, 0.2) is 0 Å². The summed E-state index contributed by atoms with van der Waals surface area (Å²) in [5.41, 5.74) is 0.435. The second-order valence-corrected chi connectivity index (χ2v) is 3.94. The molecule has 0 heterocycles. The quantitative estimate of drug-likeness (QED) is 0.875. The average Bonchev–Trinajstić information content (AvgIpc) is 2.18. The molecule has 0 saturated carbocycles. The number of halogens is 2. The normalized spacial score (nSPS) is 10.1. The zero-order chi connectivity index (χ0) is 12.3. The van der Waals surface area contributed by atoms with E-state index in [2.05, 4.69) is 0 Å². The Hall–Kier alpha value is -1.26. The monoisotopic (exact) mass is 262 g/mol. The van der Waals surface area contributed by atoms with Crippen LogP contribution in [0.25, 0.3) is 0 Å². The van der Waals surface area contributed by atoms with Crippen LogP contribution >= 0.6 is 23.2 Å². The van der Waals surface area contributed by atoms with Crippen LogP contribution in [0, 0.1) is 0 Å². The lowest BCUT2D eigenvalue weighted by Crippen LogP contribution is -2.01. The Morgan fingerprint density at radius 2 is 1.75 bits per heavy atom. The SMILES string of the molecule is O=C(O)CCc1cc(Cl)c(C(=O)O)cc1Cl. The Bertz CT molecular complexity index is 443. The Kier molecular flexibility index (Phi) is 4.15. The van der Waals surface area contributed by atoms with Crippen molar-refractivity contribution >= 4 is 35.1 Å². The third kappa shape index (κ3) is 3.12. The molecule has 0 unspecified atom stereocenters. The van der Waals surface area contributed by atoms with Crippen molar-refractivity contribution in [2.24, 2.45) is 0 Å². The highest BCUT2D eigenvalue weighted by molar-refractivity contribution is 6.36. The molecule has 0 spiro atoms. The number of hydrogen-bond donors (Lipinski definition) is 2. The van der Waals surface area contributed by atoms with E-state index in [1.54, 1.807) is 0 Å². The van der Waals surface area contributed by atoms with Crippen LogP contribution in [0.4, 0.5) is 0 Å². The molecule has 0 bridgehead atoms. The summed E-state index contributed by atoms with van der Waals surface area (Å²) in [5.74, 6) is -2.12. The molecule has 0 atom stereocenters. The molecule has 0 aliphatic carbocycles. The summed E-state index contributed by atoms with van der Waals surface area (Å²) in [5, 5.41) is 17.5. The number of carboxylic acids is 2. The average molecular weight is 263 g/mol. The van der Waals surface area contributed by atoms with E-state index in [4.69, 9.17) is 33.4 Å². The molecule has 86 valence electrons.